The Morgan fingerprint density at radius 1 is 1.40 bits per heavy atom. The second kappa shape index (κ2) is 4.99. The standard InChI is InChI=1S/C13H18O2/c1-5-6-12(14)11-7-9(2)13(15-4)10(3)8-11/h5,7-8,12,14H,1,6H2,2-4H3. The molecule has 0 radical (unpaired) electrons. The molecule has 1 aromatic rings. The molecule has 1 atom stereocenters. The Hall–Kier alpha value is -1.28. The van der Waals surface area contributed by atoms with Crippen molar-refractivity contribution in [2.75, 3.05) is 7.11 Å². The summed E-state index contributed by atoms with van der Waals surface area (Å²) >= 11 is 0. The number of hydrogen-bond acceptors (Lipinski definition) is 2. The first-order valence-electron chi connectivity index (χ1n) is 5.04. The summed E-state index contributed by atoms with van der Waals surface area (Å²) in [6.45, 7) is 7.58. The Kier molecular flexibility index (Phi) is 3.92. The van der Waals surface area contributed by atoms with Gasteiger partial charge in [0.2, 0.25) is 0 Å². The van der Waals surface area contributed by atoms with E-state index in [9.17, 15) is 5.11 Å². The van der Waals surface area contributed by atoms with E-state index in [0.717, 1.165) is 22.4 Å². The molecule has 0 saturated carbocycles. The fourth-order valence-corrected chi connectivity index (χ4v) is 1.79. The Bertz CT molecular complexity index is 333. The molecular weight excluding hydrogens is 188 g/mol. The van der Waals surface area contributed by atoms with Crippen molar-refractivity contribution in [1.82, 2.24) is 0 Å². The van der Waals surface area contributed by atoms with Crippen LogP contribution in [0.1, 0.15) is 29.2 Å². The van der Waals surface area contributed by atoms with Crippen LogP contribution in [0, 0.1) is 13.8 Å². The summed E-state index contributed by atoms with van der Waals surface area (Å²) in [6, 6.07) is 3.92. The van der Waals surface area contributed by atoms with Crippen LogP contribution in [-0.2, 0) is 0 Å². The van der Waals surface area contributed by atoms with Crippen molar-refractivity contribution in [3.8, 4) is 5.75 Å². The molecule has 0 aliphatic heterocycles. The molecule has 0 saturated heterocycles. The highest BCUT2D eigenvalue weighted by Gasteiger charge is 2.10. The summed E-state index contributed by atoms with van der Waals surface area (Å²) in [7, 11) is 1.66. The molecule has 1 N–H and O–H groups in total. The van der Waals surface area contributed by atoms with Gasteiger partial charge in [0.25, 0.3) is 0 Å². The molecule has 0 heterocycles. The molecule has 0 amide bonds. The fourth-order valence-electron chi connectivity index (χ4n) is 1.79. The summed E-state index contributed by atoms with van der Waals surface area (Å²) in [6.07, 6.45) is 1.83. The summed E-state index contributed by atoms with van der Waals surface area (Å²) in [5, 5.41) is 9.82. The topological polar surface area (TPSA) is 29.5 Å². The smallest absolute Gasteiger partial charge is 0.124 e. The first kappa shape index (κ1) is 11.8. The van der Waals surface area contributed by atoms with E-state index >= 15 is 0 Å². The van der Waals surface area contributed by atoms with Gasteiger partial charge < -0.3 is 9.84 Å². The van der Waals surface area contributed by atoms with Crippen LogP contribution in [0.5, 0.6) is 5.75 Å². The van der Waals surface area contributed by atoms with Crippen molar-refractivity contribution >= 4 is 0 Å². The zero-order chi connectivity index (χ0) is 11.4. The molecule has 1 unspecified atom stereocenters. The minimum absolute atomic E-state index is 0.467. The van der Waals surface area contributed by atoms with Gasteiger partial charge in [-0.2, -0.15) is 0 Å². The molecule has 0 fully saturated rings. The Morgan fingerprint density at radius 3 is 2.33 bits per heavy atom. The summed E-state index contributed by atoms with van der Waals surface area (Å²) < 4.78 is 5.27. The number of ether oxygens (including phenoxy) is 1. The van der Waals surface area contributed by atoms with E-state index in [0.29, 0.717) is 6.42 Å². The predicted molar refractivity (Wildman–Crippen MR) is 62.2 cm³/mol. The van der Waals surface area contributed by atoms with Gasteiger partial charge in [0, 0.05) is 0 Å². The van der Waals surface area contributed by atoms with E-state index in [1.165, 1.54) is 0 Å². The predicted octanol–water partition coefficient (Wildman–Crippen LogP) is 2.92. The van der Waals surface area contributed by atoms with E-state index in [4.69, 9.17) is 4.74 Å². The van der Waals surface area contributed by atoms with Gasteiger partial charge in [0.1, 0.15) is 5.75 Å². The molecule has 1 aromatic carbocycles. The average molecular weight is 206 g/mol. The van der Waals surface area contributed by atoms with Crippen LogP contribution in [0.15, 0.2) is 24.8 Å². The third kappa shape index (κ3) is 2.60. The van der Waals surface area contributed by atoms with Gasteiger partial charge in [0.05, 0.1) is 13.2 Å². The quantitative estimate of drug-likeness (QED) is 0.767. The highest BCUT2D eigenvalue weighted by atomic mass is 16.5. The fraction of sp³-hybridized carbons (Fsp3) is 0.385. The van der Waals surface area contributed by atoms with Crippen molar-refractivity contribution in [2.24, 2.45) is 0 Å². The van der Waals surface area contributed by atoms with E-state index in [1.54, 1.807) is 13.2 Å². The minimum atomic E-state index is -0.467. The molecular formula is C13H18O2. The number of rotatable bonds is 4. The zero-order valence-corrected chi connectivity index (χ0v) is 9.58. The molecule has 2 heteroatoms. The van der Waals surface area contributed by atoms with E-state index in [1.807, 2.05) is 26.0 Å². The van der Waals surface area contributed by atoms with Crippen molar-refractivity contribution in [2.45, 2.75) is 26.4 Å². The summed E-state index contributed by atoms with van der Waals surface area (Å²) in [4.78, 5) is 0. The molecule has 0 bridgehead atoms. The van der Waals surface area contributed by atoms with Gasteiger partial charge in [-0.15, -0.1) is 6.58 Å². The summed E-state index contributed by atoms with van der Waals surface area (Å²) in [5.74, 6) is 0.893. The SMILES string of the molecule is C=CCC(O)c1cc(C)c(OC)c(C)c1. The molecule has 82 valence electrons. The lowest BCUT2D eigenvalue weighted by molar-refractivity contribution is 0.181. The van der Waals surface area contributed by atoms with E-state index in [-0.39, 0.29) is 0 Å². The maximum absolute atomic E-state index is 9.82. The van der Waals surface area contributed by atoms with E-state index in [2.05, 4.69) is 6.58 Å². The van der Waals surface area contributed by atoms with Crippen LogP contribution in [0.3, 0.4) is 0 Å². The lowest BCUT2D eigenvalue weighted by Gasteiger charge is -2.14. The first-order chi connectivity index (χ1) is 7.10. The first-order valence-corrected chi connectivity index (χ1v) is 5.04. The van der Waals surface area contributed by atoms with Crippen LogP contribution in [0.4, 0.5) is 0 Å². The highest BCUT2D eigenvalue weighted by Crippen LogP contribution is 2.28. The molecule has 1 rings (SSSR count). The Labute approximate surface area is 91.2 Å². The van der Waals surface area contributed by atoms with Crippen molar-refractivity contribution in [1.29, 1.82) is 0 Å². The molecule has 2 nitrogen and oxygen atoms in total. The monoisotopic (exact) mass is 206 g/mol. The third-order valence-corrected chi connectivity index (χ3v) is 2.46. The number of methoxy groups -OCH3 is 1. The number of hydrogen-bond donors (Lipinski definition) is 1. The number of benzene rings is 1. The number of aliphatic hydroxyl groups is 1. The lowest BCUT2D eigenvalue weighted by Crippen LogP contribution is -1.99. The second-order valence-corrected chi connectivity index (χ2v) is 3.73. The minimum Gasteiger partial charge on any atom is -0.496 e. The van der Waals surface area contributed by atoms with Crippen LogP contribution in [0.25, 0.3) is 0 Å². The summed E-state index contributed by atoms with van der Waals surface area (Å²) in [5.41, 5.74) is 3.02. The molecule has 15 heavy (non-hydrogen) atoms. The number of aryl methyl sites for hydroxylation is 2. The Balaban J connectivity index is 3.07. The van der Waals surface area contributed by atoms with Crippen LogP contribution in [0.2, 0.25) is 0 Å². The third-order valence-electron chi connectivity index (χ3n) is 2.46. The van der Waals surface area contributed by atoms with E-state index < -0.39 is 6.10 Å². The van der Waals surface area contributed by atoms with Gasteiger partial charge in [-0.25, -0.2) is 0 Å². The van der Waals surface area contributed by atoms with Crippen molar-refractivity contribution in [3.05, 3.63) is 41.5 Å². The van der Waals surface area contributed by atoms with Crippen LogP contribution >= 0.6 is 0 Å². The Morgan fingerprint density at radius 2 is 1.93 bits per heavy atom. The van der Waals surface area contributed by atoms with Gasteiger partial charge in [-0.05, 0) is 49.1 Å². The largest absolute Gasteiger partial charge is 0.496 e. The normalized spacial score (nSPS) is 12.3. The lowest BCUT2D eigenvalue weighted by atomic mass is 10.0. The van der Waals surface area contributed by atoms with Gasteiger partial charge in [-0.1, -0.05) is 6.08 Å². The average Bonchev–Trinajstić information content (AvgIpc) is 2.17. The highest BCUT2D eigenvalue weighted by molar-refractivity contribution is 5.43. The maximum atomic E-state index is 9.82. The van der Waals surface area contributed by atoms with Crippen LogP contribution in [-0.4, -0.2) is 12.2 Å². The van der Waals surface area contributed by atoms with Crippen molar-refractivity contribution in [3.63, 3.8) is 0 Å². The molecule has 0 spiro atoms. The van der Waals surface area contributed by atoms with Crippen LogP contribution < -0.4 is 4.74 Å². The molecule has 0 aromatic heterocycles. The van der Waals surface area contributed by atoms with Gasteiger partial charge in [0.15, 0.2) is 0 Å². The number of aliphatic hydroxyl groups excluding tert-OH is 1. The zero-order valence-electron chi connectivity index (χ0n) is 9.58. The van der Waals surface area contributed by atoms with Crippen molar-refractivity contribution < 1.29 is 9.84 Å². The molecule has 0 aliphatic rings. The maximum Gasteiger partial charge on any atom is 0.124 e. The molecule has 0 aliphatic carbocycles. The van der Waals surface area contributed by atoms with Gasteiger partial charge >= 0.3 is 0 Å². The second-order valence-electron chi connectivity index (χ2n) is 3.73. The van der Waals surface area contributed by atoms with Gasteiger partial charge in [-0.3, -0.25) is 0 Å².